The van der Waals surface area contributed by atoms with E-state index in [0.717, 1.165) is 0 Å². The molecule has 4 heteroatoms. The predicted molar refractivity (Wildman–Crippen MR) is 81.3 cm³/mol. The van der Waals surface area contributed by atoms with E-state index in [1.54, 1.807) is 25.1 Å². The van der Waals surface area contributed by atoms with Crippen LogP contribution in [0.5, 0.6) is 0 Å². The Bertz CT molecular complexity index is 483. The van der Waals surface area contributed by atoms with Crippen LogP contribution in [0.2, 0.25) is 0 Å². The summed E-state index contributed by atoms with van der Waals surface area (Å²) in [5.41, 5.74) is 0.726. The van der Waals surface area contributed by atoms with Gasteiger partial charge >= 0.3 is 11.9 Å². The maximum atomic E-state index is 12.2. The van der Waals surface area contributed by atoms with Crippen molar-refractivity contribution >= 4 is 11.9 Å². The molecule has 0 saturated heterocycles. The molecule has 0 unspecified atom stereocenters. The molecule has 0 aliphatic heterocycles. The zero-order valence-corrected chi connectivity index (χ0v) is 13.4. The van der Waals surface area contributed by atoms with Crippen molar-refractivity contribution in [3.05, 3.63) is 35.4 Å². The van der Waals surface area contributed by atoms with Crippen molar-refractivity contribution in [1.29, 1.82) is 0 Å². The Labute approximate surface area is 126 Å². The Kier molecular flexibility index (Phi) is 6.40. The van der Waals surface area contributed by atoms with Crippen LogP contribution in [-0.4, -0.2) is 24.6 Å². The Morgan fingerprint density at radius 3 is 2.00 bits per heavy atom. The first-order valence-corrected chi connectivity index (χ1v) is 7.35. The first-order chi connectivity index (χ1) is 9.86. The number of esters is 2. The van der Waals surface area contributed by atoms with Crippen LogP contribution in [0, 0.1) is 11.8 Å². The van der Waals surface area contributed by atoms with Crippen LogP contribution in [0.4, 0.5) is 0 Å². The van der Waals surface area contributed by atoms with Crippen molar-refractivity contribution in [2.75, 3.05) is 6.61 Å². The van der Waals surface area contributed by atoms with Gasteiger partial charge in [0.15, 0.2) is 0 Å². The first kappa shape index (κ1) is 17.2. The summed E-state index contributed by atoms with van der Waals surface area (Å²) in [7, 11) is 0. The maximum Gasteiger partial charge on any atom is 0.338 e. The fraction of sp³-hybridized carbons (Fsp3) is 0.529. The fourth-order valence-electron chi connectivity index (χ4n) is 2.22. The number of hydrogen-bond acceptors (Lipinski definition) is 4. The van der Waals surface area contributed by atoms with Gasteiger partial charge < -0.3 is 9.47 Å². The van der Waals surface area contributed by atoms with E-state index in [0.29, 0.717) is 17.7 Å². The van der Waals surface area contributed by atoms with Crippen LogP contribution in [0.3, 0.4) is 0 Å². The molecule has 1 rings (SSSR count). The SMILES string of the molecule is CCOC(=O)c1cccc(C(=O)OC(C(C)C)C(C)C)c1. The lowest BCUT2D eigenvalue weighted by atomic mass is 9.96. The normalized spacial score (nSPS) is 11.0. The number of ether oxygens (including phenoxy) is 2. The highest BCUT2D eigenvalue weighted by Crippen LogP contribution is 2.18. The molecule has 0 aliphatic rings. The molecule has 0 atom stereocenters. The molecule has 0 N–H and O–H groups in total. The molecule has 0 aliphatic carbocycles. The molecule has 1 aromatic carbocycles. The van der Waals surface area contributed by atoms with Crippen molar-refractivity contribution in [3.8, 4) is 0 Å². The van der Waals surface area contributed by atoms with Gasteiger partial charge in [-0.25, -0.2) is 9.59 Å². The minimum absolute atomic E-state index is 0.149. The average molecular weight is 292 g/mol. The second-order valence-electron chi connectivity index (χ2n) is 5.66. The summed E-state index contributed by atoms with van der Waals surface area (Å²) >= 11 is 0. The summed E-state index contributed by atoms with van der Waals surface area (Å²) in [6.07, 6.45) is -0.149. The zero-order chi connectivity index (χ0) is 16.0. The summed E-state index contributed by atoms with van der Waals surface area (Å²) in [5, 5.41) is 0. The van der Waals surface area contributed by atoms with Crippen LogP contribution in [0.1, 0.15) is 55.3 Å². The van der Waals surface area contributed by atoms with E-state index in [9.17, 15) is 9.59 Å². The van der Waals surface area contributed by atoms with E-state index < -0.39 is 11.9 Å². The summed E-state index contributed by atoms with van der Waals surface area (Å²) in [4.78, 5) is 23.9. The molecule has 21 heavy (non-hydrogen) atoms. The van der Waals surface area contributed by atoms with Gasteiger partial charge in [-0.15, -0.1) is 0 Å². The minimum atomic E-state index is -0.434. The highest BCUT2D eigenvalue weighted by Gasteiger charge is 2.23. The third kappa shape index (κ3) is 4.88. The smallest absolute Gasteiger partial charge is 0.338 e. The average Bonchev–Trinajstić information content (AvgIpc) is 2.44. The number of carbonyl (C=O) groups is 2. The van der Waals surface area contributed by atoms with Crippen molar-refractivity contribution in [1.82, 2.24) is 0 Å². The van der Waals surface area contributed by atoms with Gasteiger partial charge in [0.2, 0.25) is 0 Å². The van der Waals surface area contributed by atoms with E-state index in [1.807, 2.05) is 27.7 Å². The third-order valence-electron chi connectivity index (χ3n) is 3.17. The Balaban J connectivity index is 2.88. The van der Waals surface area contributed by atoms with Crippen LogP contribution in [-0.2, 0) is 9.47 Å². The number of hydrogen-bond donors (Lipinski definition) is 0. The summed E-state index contributed by atoms with van der Waals surface area (Å²) in [6, 6.07) is 6.43. The number of rotatable bonds is 6. The monoisotopic (exact) mass is 292 g/mol. The molecule has 4 nitrogen and oxygen atoms in total. The van der Waals surface area contributed by atoms with Gasteiger partial charge in [-0.3, -0.25) is 0 Å². The molecular formula is C17H24O4. The van der Waals surface area contributed by atoms with Gasteiger partial charge in [0.25, 0.3) is 0 Å². The van der Waals surface area contributed by atoms with E-state index in [4.69, 9.17) is 9.47 Å². The molecule has 0 aromatic heterocycles. The van der Waals surface area contributed by atoms with E-state index in [1.165, 1.54) is 6.07 Å². The second kappa shape index (κ2) is 7.81. The number of carbonyl (C=O) groups excluding carboxylic acids is 2. The first-order valence-electron chi connectivity index (χ1n) is 7.35. The van der Waals surface area contributed by atoms with Crippen molar-refractivity contribution < 1.29 is 19.1 Å². The van der Waals surface area contributed by atoms with Crippen molar-refractivity contribution in [2.24, 2.45) is 11.8 Å². The predicted octanol–water partition coefficient (Wildman–Crippen LogP) is 3.70. The van der Waals surface area contributed by atoms with Gasteiger partial charge in [0.05, 0.1) is 17.7 Å². The zero-order valence-electron chi connectivity index (χ0n) is 13.4. The van der Waals surface area contributed by atoms with E-state index in [2.05, 4.69) is 0 Å². The quantitative estimate of drug-likeness (QED) is 0.750. The molecule has 0 spiro atoms. The van der Waals surface area contributed by atoms with Crippen molar-refractivity contribution in [2.45, 2.75) is 40.7 Å². The van der Waals surface area contributed by atoms with Gasteiger partial charge in [-0.05, 0) is 37.0 Å². The van der Waals surface area contributed by atoms with Crippen LogP contribution in [0.15, 0.2) is 24.3 Å². The molecular weight excluding hydrogens is 268 g/mol. The second-order valence-corrected chi connectivity index (χ2v) is 5.66. The van der Waals surface area contributed by atoms with Crippen LogP contribution >= 0.6 is 0 Å². The van der Waals surface area contributed by atoms with E-state index in [-0.39, 0.29) is 17.9 Å². The molecule has 0 fully saturated rings. The van der Waals surface area contributed by atoms with Gasteiger partial charge in [0.1, 0.15) is 6.10 Å². The van der Waals surface area contributed by atoms with Crippen LogP contribution < -0.4 is 0 Å². The van der Waals surface area contributed by atoms with Gasteiger partial charge in [0, 0.05) is 0 Å². The number of benzene rings is 1. The minimum Gasteiger partial charge on any atom is -0.462 e. The molecule has 116 valence electrons. The molecule has 0 bridgehead atoms. The highest BCUT2D eigenvalue weighted by atomic mass is 16.5. The standard InChI is InChI=1S/C17H24O4/c1-6-20-16(18)13-8-7-9-14(10-13)17(19)21-15(11(2)3)12(4)5/h7-12,15H,6H2,1-5H3. The fourth-order valence-corrected chi connectivity index (χ4v) is 2.22. The lowest BCUT2D eigenvalue weighted by molar-refractivity contribution is 0.00324. The maximum absolute atomic E-state index is 12.2. The van der Waals surface area contributed by atoms with Crippen LogP contribution in [0.25, 0.3) is 0 Å². The van der Waals surface area contributed by atoms with Crippen molar-refractivity contribution in [3.63, 3.8) is 0 Å². The van der Waals surface area contributed by atoms with Gasteiger partial charge in [-0.2, -0.15) is 0 Å². The Morgan fingerprint density at radius 1 is 1.00 bits per heavy atom. The molecule has 0 radical (unpaired) electrons. The Morgan fingerprint density at radius 2 is 1.52 bits per heavy atom. The summed E-state index contributed by atoms with van der Waals surface area (Å²) in [5.74, 6) is -0.366. The van der Waals surface area contributed by atoms with E-state index >= 15 is 0 Å². The summed E-state index contributed by atoms with van der Waals surface area (Å²) in [6.45, 7) is 10.1. The largest absolute Gasteiger partial charge is 0.462 e. The topological polar surface area (TPSA) is 52.6 Å². The highest BCUT2D eigenvalue weighted by molar-refractivity contribution is 5.95. The van der Waals surface area contributed by atoms with Gasteiger partial charge in [-0.1, -0.05) is 33.8 Å². The lowest BCUT2D eigenvalue weighted by Crippen LogP contribution is -2.28. The molecule has 1 aromatic rings. The lowest BCUT2D eigenvalue weighted by Gasteiger charge is -2.24. The molecule has 0 amide bonds. The third-order valence-corrected chi connectivity index (χ3v) is 3.17. The molecule has 0 saturated carbocycles. The Hall–Kier alpha value is -1.84. The molecule has 0 heterocycles. The summed E-state index contributed by atoms with van der Waals surface area (Å²) < 4.78 is 10.5.